The van der Waals surface area contributed by atoms with Gasteiger partial charge in [0.2, 0.25) is 0 Å². The van der Waals surface area contributed by atoms with Crippen molar-refractivity contribution < 1.29 is 0 Å². The van der Waals surface area contributed by atoms with E-state index in [0.29, 0.717) is 5.92 Å². The first-order chi connectivity index (χ1) is 8.41. The highest BCUT2D eigenvalue weighted by molar-refractivity contribution is 5.70. The van der Waals surface area contributed by atoms with Gasteiger partial charge in [-0.05, 0) is 38.6 Å². The Kier molecular flexibility index (Phi) is 5.48. The van der Waals surface area contributed by atoms with Gasteiger partial charge in [0.05, 0.1) is 11.4 Å². The summed E-state index contributed by atoms with van der Waals surface area (Å²) in [6.45, 7) is 9.65. The Morgan fingerprint density at radius 2 is 1.83 bits per heavy atom. The number of aryl methyl sites for hydroxylation is 1. The van der Waals surface area contributed by atoms with Gasteiger partial charge in [-0.25, -0.2) is 0 Å². The molecular weight excluding hydrogens is 222 g/mol. The van der Waals surface area contributed by atoms with Crippen molar-refractivity contribution in [2.45, 2.75) is 20.8 Å². The summed E-state index contributed by atoms with van der Waals surface area (Å²) in [6.07, 6.45) is 0. The number of anilines is 2. The van der Waals surface area contributed by atoms with E-state index in [4.69, 9.17) is 5.73 Å². The molecule has 0 saturated heterocycles. The predicted octanol–water partition coefficient (Wildman–Crippen LogP) is 2.60. The normalized spacial score (nSPS) is 11.3. The van der Waals surface area contributed by atoms with E-state index in [2.05, 4.69) is 62.9 Å². The summed E-state index contributed by atoms with van der Waals surface area (Å²) < 4.78 is 0. The van der Waals surface area contributed by atoms with E-state index in [1.54, 1.807) is 0 Å². The molecule has 0 fully saturated rings. The molecule has 0 aliphatic rings. The molecule has 0 aromatic heterocycles. The van der Waals surface area contributed by atoms with E-state index >= 15 is 0 Å². The summed E-state index contributed by atoms with van der Waals surface area (Å²) in [4.78, 5) is 4.60. The van der Waals surface area contributed by atoms with Crippen LogP contribution in [-0.4, -0.2) is 38.6 Å². The van der Waals surface area contributed by atoms with Crippen molar-refractivity contribution in [2.24, 2.45) is 5.92 Å². The molecule has 0 amide bonds. The fourth-order valence-corrected chi connectivity index (χ4v) is 2.01. The van der Waals surface area contributed by atoms with Crippen molar-refractivity contribution in [3.8, 4) is 0 Å². The number of likely N-dealkylation sites (N-methyl/N-ethyl adjacent to an activating group) is 1. The summed E-state index contributed by atoms with van der Waals surface area (Å²) >= 11 is 0. The van der Waals surface area contributed by atoms with Gasteiger partial charge in [0.15, 0.2) is 0 Å². The third kappa shape index (κ3) is 4.22. The van der Waals surface area contributed by atoms with Gasteiger partial charge in [0, 0.05) is 19.6 Å². The number of hydrogen-bond donors (Lipinski definition) is 1. The average Bonchev–Trinajstić information content (AvgIpc) is 2.27. The Balaban J connectivity index is 2.90. The molecule has 0 radical (unpaired) electrons. The molecule has 2 N–H and O–H groups in total. The van der Waals surface area contributed by atoms with Crippen LogP contribution in [0.4, 0.5) is 11.4 Å². The average molecular weight is 249 g/mol. The molecule has 3 nitrogen and oxygen atoms in total. The van der Waals surface area contributed by atoms with Crippen LogP contribution in [0.5, 0.6) is 0 Å². The van der Waals surface area contributed by atoms with Crippen LogP contribution in [0.3, 0.4) is 0 Å². The Morgan fingerprint density at radius 3 is 2.39 bits per heavy atom. The second-order valence-corrected chi connectivity index (χ2v) is 5.65. The van der Waals surface area contributed by atoms with Crippen LogP contribution in [0.2, 0.25) is 0 Å². The molecule has 1 rings (SSSR count). The molecule has 1 aromatic carbocycles. The number of nitrogen functional groups attached to an aromatic ring is 1. The van der Waals surface area contributed by atoms with Crippen LogP contribution in [-0.2, 0) is 0 Å². The molecule has 0 atom stereocenters. The van der Waals surface area contributed by atoms with E-state index in [-0.39, 0.29) is 0 Å². The fourth-order valence-electron chi connectivity index (χ4n) is 2.01. The van der Waals surface area contributed by atoms with E-state index in [9.17, 15) is 0 Å². The maximum Gasteiger partial charge on any atom is 0.0603 e. The maximum absolute atomic E-state index is 6.21. The van der Waals surface area contributed by atoms with Crippen molar-refractivity contribution in [1.29, 1.82) is 0 Å². The minimum Gasteiger partial charge on any atom is -0.397 e. The van der Waals surface area contributed by atoms with Crippen molar-refractivity contribution in [2.75, 3.05) is 44.4 Å². The summed E-state index contributed by atoms with van der Waals surface area (Å²) in [5.41, 5.74) is 9.45. The molecule has 0 heterocycles. The lowest BCUT2D eigenvalue weighted by Crippen LogP contribution is -2.34. The van der Waals surface area contributed by atoms with E-state index in [1.165, 1.54) is 5.69 Å². The molecular formula is C15H27N3. The van der Waals surface area contributed by atoms with Crippen molar-refractivity contribution >= 4 is 11.4 Å². The van der Waals surface area contributed by atoms with E-state index < -0.39 is 0 Å². The first kappa shape index (κ1) is 14.8. The van der Waals surface area contributed by atoms with Gasteiger partial charge in [-0.1, -0.05) is 26.0 Å². The Bertz CT molecular complexity index is 372. The number of rotatable bonds is 6. The van der Waals surface area contributed by atoms with Crippen molar-refractivity contribution in [3.63, 3.8) is 0 Å². The third-order valence-corrected chi connectivity index (χ3v) is 3.04. The van der Waals surface area contributed by atoms with Crippen molar-refractivity contribution in [3.05, 3.63) is 23.8 Å². The van der Waals surface area contributed by atoms with Crippen LogP contribution in [0.1, 0.15) is 19.4 Å². The molecule has 3 heteroatoms. The van der Waals surface area contributed by atoms with Gasteiger partial charge >= 0.3 is 0 Å². The zero-order valence-electron chi connectivity index (χ0n) is 12.4. The third-order valence-electron chi connectivity index (χ3n) is 3.04. The lowest BCUT2D eigenvalue weighted by atomic mass is 10.1. The smallest absolute Gasteiger partial charge is 0.0603 e. The van der Waals surface area contributed by atoms with Gasteiger partial charge in [0.25, 0.3) is 0 Å². The van der Waals surface area contributed by atoms with Gasteiger partial charge in [0.1, 0.15) is 0 Å². The Morgan fingerprint density at radius 1 is 1.17 bits per heavy atom. The molecule has 0 bridgehead atoms. The minimum atomic E-state index is 0.632. The highest BCUT2D eigenvalue weighted by atomic mass is 15.2. The van der Waals surface area contributed by atoms with E-state index in [1.807, 2.05) is 0 Å². The number of nitrogens with zero attached hydrogens (tertiary/aromatic N) is 2. The van der Waals surface area contributed by atoms with Gasteiger partial charge in [-0.15, -0.1) is 0 Å². The Labute approximate surface area is 112 Å². The molecule has 0 aliphatic heterocycles. The van der Waals surface area contributed by atoms with Crippen LogP contribution in [0, 0.1) is 12.8 Å². The summed E-state index contributed by atoms with van der Waals surface area (Å²) in [7, 11) is 4.21. The van der Waals surface area contributed by atoms with Gasteiger partial charge < -0.3 is 15.5 Å². The van der Waals surface area contributed by atoms with Gasteiger partial charge in [-0.3, -0.25) is 0 Å². The van der Waals surface area contributed by atoms with Crippen LogP contribution >= 0.6 is 0 Å². The largest absolute Gasteiger partial charge is 0.397 e. The highest BCUT2D eigenvalue weighted by Gasteiger charge is 2.12. The highest BCUT2D eigenvalue weighted by Crippen LogP contribution is 2.26. The predicted molar refractivity (Wildman–Crippen MR) is 81.2 cm³/mol. The van der Waals surface area contributed by atoms with Crippen LogP contribution < -0.4 is 10.6 Å². The summed E-state index contributed by atoms with van der Waals surface area (Å²) in [5, 5.41) is 0. The lowest BCUT2D eigenvalue weighted by Gasteiger charge is -2.29. The quantitative estimate of drug-likeness (QED) is 0.787. The molecule has 0 saturated carbocycles. The second-order valence-electron chi connectivity index (χ2n) is 5.65. The first-order valence-corrected chi connectivity index (χ1v) is 6.66. The topological polar surface area (TPSA) is 32.5 Å². The monoisotopic (exact) mass is 249 g/mol. The van der Waals surface area contributed by atoms with Crippen molar-refractivity contribution in [1.82, 2.24) is 4.90 Å². The number of nitrogens with two attached hydrogens (primary N) is 1. The summed E-state index contributed by atoms with van der Waals surface area (Å²) in [6, 6.07) is 6.28. The van der Waals surface area contributed by atoms with Crippen LogP contribution in [0.15, 0.2) is 18.2 Å². The summed E-state index contributed by atoms with van der Waals surface area (Å²) in [5.74, 6) is 0.632. The standard InChI is InChI=1S/C15H27N3/c1-12(2)11-18(10-9-17(4)5)14-8-6-7-13(3)15(14)16/h6-8,12H,9-11,16H2,1-5H3. The van der Waals surface area contributed by atoms with E-state index in [0.717, 1.165) is 30.9 Å². The molecule has 1 aromatic rings. The Hall–Kier alpha value is -1.22. The second kappa shape index (κ2) is 6.64. The van der Waals surface area contributed by atoms with Gasteiger partial charge in [-0.2, -0.15) is 0 Å². The SMILES string of the molecule is Cc1cccc(N(CCN(C)C)CC(C)C)c1N. The molecule has 102 valence electrons. The molecule has 0 aliphatic carbocycles. The zero-order chi connectivity index (χ0) is 13.7. The minimum absolute atomic E-state index is 0.632. The lowest BCUT2D eigenvalue weighted by molar-refractivity contribution is 0.409. The number of para-hydroxylation sites is 1. The molecule has 0 spiro atoms. The maximum atomic E-state index is 6.21. The fraction of sp³-hybridized carbons (Fsp3) is 0.600. The number of hydrogen-bond acceptors (Lipinski definition) is 3. The number of benzene rings is 1. The first-order valence-electron chi connectivity index (χ1n) is 6.66. The zero-order valence-corrected chi connectivity index (χ0v) is 12.4. The van der Waals surface area contributed by atoms with Crippen LogP contribution in [0.25, 0.3) is 0 Å². The molecule has 0 unspecified atom stereocenters. The molecule has 18 heavy (non-hydrogen) atoms.